The van der Waals surface area contributed by atoms with Gasteiger partial charge in [0.1, 0.15) is 5.69 Å². The van der Waals surface area contributed by atoms with Gasteiger partial charge >= 0.3 is 0 Å². The fourth-order valence-corrected chi connectivity index (χ4v) is 2.95. The average molecular weight is 335 g/mol. The van der Waals surface area contributed by atoms with Crippen LogP contribution in [0.5, 0.6) is 0 Å². The Hall–Kier alpha value is -2.28. The Morgan fingerprint density at radius 1 is 1.33 bits per heavy atom. The summed E-state index contributed by atoms with van der Waals surface area (Å²) in [4.78, 5) is 18.3. The first-order valence-electron chi connectivity index (χ1n) is 7.84. The van der Waals surface area contributed by atoms with Gasteiger partial charge < -0.3 is 14.6 Å². The molecular formula is C17H19F2N3O2. The predicted molar refractivity (Wildman–Crippen MR) is 83.4 cm³/mol. The van der Waals surface area contributed by atoms with Gasteiger partial charge in [0.2, 0.25) is 0 Å². The van der Waals surface area contributed by atoms with E-state index < -0.39 is 23.8 Å². The summed E-state index contributed by atoms with van der Waals surface area (Å²) in [7, 11) is 0. The molecule has 2 atom stereocenters. The topological polar surface area (TPSA) is 58.4 Å². The van der Waals surface area contributed by atoms with Crippen molar-refractivity contribution < 1.29 is 18.7 Å². The molecule has 5 nitrogen and oxygen atoms in total. The fraction of sp³-hybridized carbons (Fsp3) is 0.412. The lowest BCUT2D eigenvalue weighted by molar-refractivity contribution is 0.0710. The number of hydrogen-bond acceptors (Lipinski definition) is 3. The van der Waals surface area contributed by atoms with Crippen molar-refractivity contribution in [2.24, 2.45) is 0 Å². The maximum atomic E-state index is 13.5. The van der Waals surface area contributed by atoms with Gasteiger partial charge in [-0.25, -0.2) is 13.8 Å². The zero-order valence-corrected chi connectivity index (χ0v) is 13.5. The van der Waals surface area contributed by atoms with Gasteiger partial charge in [-0.1, -0.05) is 6.07 Å². The Morgan fingerprint density at radius 2 is 2.08 bits per heavy atom. The molecule has 0 radical (unpaired) electrons. The van der Waals surface area contributed by atoms with Crippen LogP contribution in [0.15, 0.2) is 30.7 Å². The SMILES string of the molecule is CC(C)n1cnc(C(=O)N2C[C@H](O)C[C@@H]2c2ccc(F)c(F)c2)c1. The maximum absolute atomic E-state index is 13.5. The van der Waals surface area contributed by atoms with Crippen LogP contribution < -0.4 is 0 Å². The Balaban J connectivity index is 1.89. The van der Waals surface area contributed by atoms with Gasteiger partial charge in [0, 0.05) is 18.8 Å². The number of carbonyl (C=O) groups is 1. The third-order valence-corrected chi connectivity index (χ3v) is 4.29. The highest BCUT2D eigenvalue weighted by Gasteiger charge is 2.36. The third-order valence-electron chi connectivity index (χ3n) is 4.29. The van der Waals surface area contributed by atoms with Crippen LogP contribution in [-0.2, 0) is 0 Å². The van der Waals surface area contributed by atoms with Crippen molar-refractivity contribution in [3.63, 3.8) is 0 Å². The lowest BCUT2D eigenvalue weighted by Crippen LogP contribution is -2.32. The van der Waals surface area contributed by atoms with E-state index in [2.05, 4.69) is 4.98 Å². The Labute approximate surface area is 138 Å². The van der Waals surface area contributed by atoms with Gasteiger partial charge in [-0.3, -0.25) is 4.79 Å². The van der Waals surface area contributed by atoms with Gasteiger partial charge in [0.15, 0.2) is 11.6 Å². The van der Waals surface area contributed by atoms with Crippen LogP contribution in [0.4, 0.5) is 8.78 Å². The number of hydrogen-bond donors (Lipinski definition) is 1. The lowest BCUT2D eigenvalue weighted by atomic mass is 10.0. The number of carbonyl (C=O) groups excluding carboxylic acids is 1. The second kappa shape index (κ2) is 6.32. The number of amides is 1. The Morgan fingerprint density at radius 3 is 2.71 bits per heavy atom. The van der Waals surface area contributed by atoms with Crippen molar-refractivity contribution in [2.75, 3.05) is 6.54 Å². The molecule has 2 heterocycles. The smallest absolute Gasteiger partial charge is 0.274 e. The highest BCUT2D eigenvalue weighted by atomic mass is 19.2. The van der Waals surface area contributed by atoms with Gasteiger partial charge in [-0.15, -0.1) is 0 Å². The molecule has 2 aromatic rings. The monoisotopic (exact) mass is 335 g/mol. The summed E-state index contributed by atoms with van der Waals surface area (Å²) >= 11 is 0. The second-order valence-electron chi connectivity index (χ2n) is 6.34. The Bertz CT molecular complexity index is 760. The average Bonchev–Trinajstić information content (AvgIpc) is 3.16. The van der Waals surface area contributed by atoms with Crippen molar-refractivity contribution in [3.05, 3.63) is 53.6 Å². The van der Waals surface area contributed by atoms with E-state index in [1.165, 1.54) is 11.0 Å². The standard InChI is InChI=1S/C17H19F2N3O2/c1-10(2)21-8-15(20-9-21)17(24)22-7-12(23)6-16(22)11-3-4-13(18)14(19)5-11/h3-5,8-10,12,16,23H,6-7H2,1-2H3/t12-,16-/m1/s1. The van der Waals surface area contributed by atoms with E-state index in [-0.39, 0.29) is 30.6 Å². The normalized spacial score (nSPS) is 20.8. The zero-order chi connectivity index (χ0) is 17.4. The van der Waals surface area contributed by atoms with Crippen LogP contribution in [0.1, 0.15) is 48.4 Å². The molecule has 0 aliphatic carbocycles. The summed E-state index contributed by atoms with van der Waals surface area (Å²) in [5.41, 5.74) is 0.729. The molecule has 0 unspecified atom stereocenters. The minimum absolute atomic E-state index is 0.136. The minimum Gasteiger partial charge on any atom is -0.391 e. The third kappa shape index (κ3) is 3.03. The number of rotatable bonds is 3. The summed E-state index contributed by atoms with van der Waals surface area (Å²) in [5, 5.41) is 9.96. The van der Waals surface area contributed by atoms with E-state index in [0.29, 0.717) is 5.56 Å². The molecule has 1 amide bonds. The molecule has 1 aliphatic heterocycles. The van der Waals surface area contributed by atoms with Crippen LogP contribution >= 0.6 is 0 Å². The van der Waals surface area contributed by atoms with E-state index in [0.717, 1.165) is 12.1 Å². The number of benzene rings is 1. The summed E-state index contributed by atoms with van der Waals surface area (Å²) < 4.78 is 28.5. The van der Waals surface area contributed by atoms with Gasteiger partial charge in [0.25, 0.3) is 5.91 Å². The zero-order valence-electron chi connectivity index (χ0n) is 13.5. The molecular weight excluding hydrogens is 316 g/mol. The summed E-state index contributed by atoms with van der Waals surface area (Å²) in [6.45, 7) is 4.08. The first-order chi connectivity index (χ1) is 11.4. The number of nitrogens with zero attached hydrogens (tertiary/aromatic N) is 3. The van der Waals surface area contributed by atoms with Gasteiger partial charge in [0.05, 0.1) is 18.5 Å². The molecule has 128 valence electrons. The van der Waals surface area contributed by atoms with Gasteiger partial charge in [-0.05, 0) is 38.0 Å². The first-order valence-corrected chi connectivity index (χ1v) is 7.84. The highest BCUT2D eigenvalue weighted by Crippen LogP contribution is 2.33. The number of halogens is 2. The van der Waals surface area contributed by atoms with E-state index in [1.807, 2.05) is 18.4 Å². The lowest BCUT2D eigenvalue weighted by Gasteiger charge is -2.24. The fourth-order valence-electron chi connectivity index (χ4n) is 2.95. The Kier molecular flexibility index (Phi) is 4.36. The van der Waals surface area contributed by atoms with Crippen molar-refractivity contribution in [3.8, 4) is 0 Å². The van der Waals surface area contributed by atoms with E-state index in [4.69, 9.17) is 0 Å². The molecule has 1 aliphatic rings. The van der Waals surface area contributed by atoms with Crippen molar-refractivity contribution in [2.45, 2.75) is 38.5 Å². The number of β-amino-alcohol motifs (C(OH)–C–C–N with tert-alkyl or cyclic N) is 1. The number of aliphatic hydroxyl groups excluding tert-OH is 1. The number of aliphatic hydroxyl groups is 1. The van der Waals surface area contributed by atoms with Crippen molar-refractivity contribution in [1.29, 1.82) is 0 Å². The number of imidazole rings is 1. The van der Waals surface area contributed by atoms with Crippen LogP contribution in [0.3, 0.4) is 0 Å². The predicted octanol–water partition coefficient (Wildman–Crippen LogP) is 2.69. The molecule has 24 heavy (non-hydrogen) atoms. The van der Waals surface area contributed by atoms with Crippen molar-refractivity contribution in [1.82, 2.24) is 14.5 Å². The molecule has 1 fully saturated rings. The molecule has 7 heteroatoms. The minimum atomic E-state index is -0.967. The maximum Gasteiger partial charge on any atom is 0.274 e. The van der Waals surface area contributed by atoms with Gasteiger partial charge in [-0.2, -0.15) is 0 Å². The highest BCUT2D eigenvalue weighted by molar-refractivity contribution is 5.92. The quantitative estimate of drug-likeness (QED) is 0.938. The second-order valence-corrected chi connectivity index (χ2v) is 6.34. The first kappa shape index (κ1) is 16.6. The summed E-state index contributed by atoms with van der Waals surface area (Å²) in [6.07, 6.45) is 2.80. The van der Waals surface area contributed by atoms with Crippen molar-refractivity contribution >= 4 is 5.91 Å². The van der Waals surface area contributed by atoms with E-state index in [1.54, 1.807) is 12.5 Å². The van der Waals surface area contributed by atoms with E-state index >= 15 is 0 Å². The molecule has 3 rings (SSSR count). The molecule has 0 bridgehead atoms. The number of aromatic nitrogens is 2. The molecule has 1 aromatic heterocycles. The molecule has 1 N–H and O–H groups in total. The van der Waals surface area contributed by atoms with E-state index in [9.17, 15) is 18.7 Å². The van der Waals surface area contributed by atoms with Crippen LogP contribution in [0.2, 0.25) is 0 Å². The molecule has 0 saturated carbocycles. The van der Waals surface area contributed by atoms with Crippen LogP contribution in [0.25, 0.3) is 0 Å². The van der Waals surface area contributed by atoms with Crippen LogP contribution in [-0.4, -0.2) is 38.1 Å². The molecule has 0 spiro atoms. The summed E-state index contributed by atoms with van der Waals surface area (Å²) in [5.74, 6) is -2.24. The number of likely N-dealkylation sites (tertiary alicyclic amines) is 1. The molecule has 1 saturated heterocycles. The molecule has 1 aromatic carbocycles. The van der Waals surface area contributed by atoms with Crippen LogP contribution in [0, 0.1) is 11.6 Å². The largest absolute Gasteiger partial charge is 0.391 e. The summed E-state index contributed by atoms with van der Waals surface area (Å²) in [6, 6.07) is 3.21.